The molecule has 3 aromatic carbocycles. The number of benzene rings is 3. The van der Waals surface area contributed by atoms with E-state index in [4.69, 9.17) is 27.9 Å². The molecule has 0 saturated carbocycles. The first kappa shape index (κ1) is 34.1. The van der Waals surface area contributed by atoms with Gasteiger partial charge >= 0.3 is 12.1 Å². The third-order valence-electron chi connectivity index (χ3n) is 6.23. The quantitative estimate of drug-likeness (QED) is 0.176. The van der Waals surface area contributed by atoms with Gasteiger partial charge in [-0.3, -0.25) is 4.90 Å². The predicted molar refractivity (Wildman–Crippen MR) is 163 cm³/mol. The van der Waals surface area contributed by atoms with E-state index < -0.39 is 31.0 Å². The number of hydrogen-bond donors (Lipinski definition) is 0. The van der Waals surface area contributed by atoms with Crippen LogP contribution in [0.4, 0.5) is 4.79 Å². The smallest absolute Gasteiger partial charge is 0.411 e. The molecule has 40 heavy (non-hydrogen) atoms. The number of likely N-dealkylation sites (tertiary alicyclic amines) is 1. The molecular formula is C31H35Cl2INO4P. The summed E-state index contributed by atoms with van der Waals surface area (Å²) < 4.78 is 9.93. The summed E-state index contributed by atoms with van der Waals surface area (Å²) in [5, 5.41) is 3.99. The Morgan fingerprint density at radius 2 is 1.32 bits per heavy atom. The van der Waals surface area contributed by atoms with Crippen LogP contribution in [0.1, 0.15) is 27.2 Å². The van der Waals surface area contributed by atoms with Gasteiger partial charge in [-0.15, -0.1) is 0 Å². The summed E-state index contributed by atoms with van der Waals surface area (Å²) in [5.74, 6) is -0.464. The topological polar surface area (TPSA) is 55.8 Å². The van der Waals surface area contributed by atoms with Crippen molar-refractivity contribution in [2.75, 3.05) is 19.3 Å². The molecule has 0 aromatic heterocycles. The Morgan fingerprint density at radius 3 is 1.65 bits per heavy atom. The average Bonchev–Trinajstić information content (AvgIpc) is 3.40. The molecular weight excluding hydrogens is 679 g/mol. The van der Waals surface area contributed by atoms with Gasteiger partial charge in [0.2, 0.25) is 0 Å². The number of amides is 1. The lowest BCUT2D eigenvalue weighted by Crippen LogP contribution is -3.00. The second-order valence-corrected chi connectivity index (χ2v) is 14.4. The SMILES string of the molecule is COC(=O)[C@@H]1CC(=CCl)CN1C(=O)OC(C)(C)C.ClC[P+](c1ccccc1)(c1ccccc1)c1ccccc1.[I-]. The number of halogens is 3. The van der Waals surface area contributed by atoms with E-state index in [9.17, 15) is 9.59 Å². The second-order valence-electron chi connectivity index (χ2n) is 10.1. The van der Waals surface area contributed by atoms with Gasteiger partial charge in [-0.05, 0) is 62.7 Å². The highest BCUT2D eigenvalue weighted by Gasteiger charge is 2.44. The molecule has 0 unspecified atom stereocenters. The van der Waals surface area contributed by atoms with Crippen LogP contribution in [0.25, 0.3) is 0 Å². The average molecular weight is 714 g/mol. The summed E-state index contributed by atoms with van der Waals surface area (Å²) >= 11 is 12.2. The van der Waals surface area contributed by atoms with Crippen molar-refractivity contribution in [3.63, 3.8) is 0 Å². The Bertz CT molecular complexity index is 1160. The number of ether oxygens (including phenoxy) is 2. The van der Waals surface area contributed by atoms with Gasteiger partial charge in [-0.2, -0.15) is 0 Å². The Balaban J connectivity index is 0.000000277. The maximum atomic E-state index is 12.0. The van der Waals surface area contributed by atoms with E-state index in [1.807, 2.05) is 0 Å². The first-order valence-electron chi connectivity index (χ1n) is 12.6. The van der Waals surface area contributed by atoms with Gasteiger partial charge in [0.15, 0.2) is 0 Å². The van der Waals surface area contributed by atoms with Gasteiger partial charge in [0.05, 0.1) is 7.11 Å². The summed E-state index contributed by atoms with van der Waals surface area (Å²) in [5.41, 5.74) is 2.20. The zero-order chi connectivity index (χ0) is 28.5. The molecule has 1 aliphatic rings. The lowest BCUT2D eigenvalue weighted by molar-refractivity contribution is -0.145. The molecule has 0 aliphatic carbocycles. The third-order valence-corrected chi connectivity index (χ3v) is 11.5. The minimum absolute atomic E-state index is 0. The minimum Gasteiger partial charge on any atom is -1.00 e. The van der Waals surface area contributed by atoms with Crippen molar-refractivity contribution < 1.29 is 43.0 Å². The second kappa shape index (κ2) is 15.8. The molecule has 0 bridgehead atoms. The van der Waals surface area contributed by atoms with Crippen LogP contribution in [-0.2, 0) is 14.3 Å². The standard InChI is InChI=1S/C19H17ClP.C12H18ClNO4.HI/c20-16-21(17-10-4-1-5-11-17,18-12-6-2-7-13-18)19-14-8-3-9-15-19;1-12(2,3)18-11(16)14-7-8(6-13)5-9(14)10(15)17-4;/h1-15H,16H2;6,9H,5,7H2,1-4H3;1H/q+1;;/p-1/t;9-;/m.0./s1. The highest BCUT2D eigenvalue weighted by Crippen LogP contribution is 2.55. The number of carbonyl (C=O) groups is 2. The van der Waals surface area contributed by atoms with Gasteiger partial charge < -0.3 is 33.5 Å². The van der Waals surface area contributed by atoms with E-state index in [1.165, 1.54) is 33.5 Å². The zero-order valence-corrected chi connectivity index (χ0v) is 27.7. The van der Waals surface area contributed by atoms with Crippen molar-refractivity contribution >= 4 is 58.4 Å². The maximum absolute atomic E-state index is 12.0. The number of carbonyl (C=O) groups excluding carboxylic acids is 2. The number of methoxy groups -OCH3 is 1. The normalized spacial score (nSPS) is 15.9. The van der Waals surface area contributed by atoms with Gasteiger partial charge in [0.25, 0.3) is 0 Å². The molecule has 0 spiro atoms. The summed E-state index contributed by atoms with van der Waals surface area (Å²) in [6, 6.07) is 31.3. The van der Waals surface area contributed by atoms with E-state index in [1.54, 1.807) is 20.8 Å². The highest BCUT2D eigenvalue weighted by atomic mass is 127. The predicted octanol–water partition coefficient (Wildman–Crippen LogP) is 3.47. The van der Waals surface area contributed by atoms with Gasteiger partial charge in [0.1, 0.15) is 40.4 Å². The number of alkyl halides is 1. The molecule has 0 radical (unpaired) electrons. The molecule has 1 atom stereocenters. The highest BCUT2D eigenvalue weighted by molar-refractivity contribution is 7.96. The fourth-order valence-electron chi connectivity index (χ4n) is 4.39. The van der Waals surface area contributed by atoms with Gasteiger partial charge in [-0.25, -0.2) is 9.59 Å². The monoisotopic (exact) mass is 713 g/mol. The van der Waals surface area contributed by atoms with Crippen molar-refractivity contribution in [2.45, 2.75) is 38.8 Å². The van der Waals surface area contributed by atoms with Crippen molar-refractivity contribution in [1.82, 2.24) is 4.90 Å². The van der Waals surface area contributed by atoms with Crippen LogP contribution in [0.15, 0.2) is 102 Å². The fraction of sp³-hybridized carbons (Fsp3) is 0.290. The van der Waals surface area contributed by atoms with Crippen LogP contribution in [0, 0.1) is 0 Å². The fourth-order valence-corrected chi connectivity index (χ4v) is 9.14. The summed E-state index contributed by atoms with van der Waals surface area (Å²) in [6.45, 7) is 5.60. The molecule has 214 valence electrons. The van der Waals surface area contributed by atoms with Crippen molar-refractivity contribution in [3.05, 3.63) is 102 Å². The van der Waals surface area contributed by atoms with Gasteiger partial charge in [0, 0.05) is 18.5 Å². The maximum Gasteiger partial charge on any atom is 0.411 e. The van der Waals surface area contributed by atoms with E-state index in [0.29, 0.717) is 12.0 Å². The molecule has 1 amide bonds. The third kappa shape index (κ3) is 8.45. The van der Waals surface area contributed by atoms with E-state index in [-0.39, 0.29) is 30.5 Å². The van der Waals surface area contributed by atoms with Crippen LogP contribution in [0.5, 0.6) is 0 Å². The Kier molecular flexibility index (Phi) is 13.4. The van der Waals surface area contributed by atoms with Crippen LogP contribution >= 0.6 is 30.5 Å². The lowest BCUT2D eigenvalue weighted by atomic mass is 10.2. The van der Waals surface area contributed by atoms with Gasteiger partial charge in [-0.1, -0.05) is 77.8 Å². The zero-order valence-electron chi connectivity index (χ0n) is 23.1. The first-order valence-corrected chi connectivity index (χ1v) is 15.6. The number of hydrogen-bond acceptors (Lipinski definition) is 4. The molecule has 0 N–H and O–H groups in total. The Labute approximate surface area is 265 Å². The number of nitrogens with zero attached hydrogens (tertiary/aromatic N) is 1. The van der Waals surface area contributed by atoms with Crippen molar-refractivity contribution in [1.29, 1.82) is 0 Å². The molecule has 1 aliphatic heterocycles. The van der Waals surface area contributed by atoms with Crippen molar-refractivity contribution in [3.8, 4) is 0 Å². The molecule has 9 heteroatoms. The number of rotatable bonds is 5. The summed E-state index contributed by atoms with van der Waals surface area (Å²) in [4.78, 5) is 24.9. The molecule has 1 heterocycles. The molecule has 4 rings (SSSR count). The summed E-state index contributed by atoms with van der Waals surface area (Å²) in [6.07, 6.45) is -0.151. The van der Waals surface area contributed by atoms with Crippen molar-refractivity contribution in [2.24, 2.45) is 0 Å². The molecule has 3 aromatic rings. The van der Waals surface area contributed by atoms with Crippen LogP contribution in [-0.4, -0.2) is 47.9 Å². The first-order chi connectivity index (χ1) is 18.7. The Morgan fingerprint density at radius 1 is 0.900 bits per heavy atom. The van der Waals surface area contributed by atoms with E-state index in [0.717, 1.165) is 5.57 Å². The molecule has 1 fully saturated rings. The van der Waals surface area contributed by atoms with Crippen LogP contribution in [0.2, 0.25) is 0 Å². The largest absolute Gasteiger partial charge is 1.00 e. The lowest BCUT2D eigenvalue weighted by Gasteiger charge is -2.27. The van der Waals surface area contributed by atoms with Crippen LogP contribution < -0.4 is 39.9 Å². The van der Waals surface area contributed by atoms with E-state index >= 15 is 0 Å². The summed E-state index contributed by atoms with van der Waals surface area (Å²) in [7, 11) is -0.479. The molecule has 1 saturated heterocycles. The Hall–Kier alpha value is -2.12. The van der Waals surface area contributed by atoms with Crippen LogP contribution in [0.3, 0.4) is 0 Å². The molecule has 5 nitrogen and oxygen atoms in total. The number of esters is 1. The van der Waals surface area contributed by atoms with E-state index in [2.05, 4.69) is 95.7 Å². The minimum atomic E-state index is -1.77.